The van der Waals surface area contributed by atoms with E-state index in [0.717, 1.165) is 10.2 Å². The van der Waals surface area contributed by atoms with Crippen LogP contribution in [0.5, 0.6) is 0 Å². The van der Waals surface area contributed by atoms with Crippen LogP contribution < -0.4 is 5.73 Å². The van der Waals surface area contributed by atoms with Crippen LogP contribution in [0.1, 0.15) is 24.1 Å². The van der Waals surface area contributed by atoms with E-state index in [-0.39, 0.29) is 6.04 Å². The van der Waals surface area contributed by atoms with Gasteiger partial charge in [-0.05, 0) is 52.2 Å². The standard InChI is InChI=1S/C14H15BrN2S/c1-10(16)12-3-2-4-14(6-12)18-9-11-5-13(15)8-17-7-11/h2-8,10H,9,16H2,1H3. The highest BCUT2D eigenvalue weighted by Gasteiger charge is 2.02. The first-order valence-electron chi connectivity index (χ1n) is 5.73. The molecule has 0 saturated heterocycles. The fraction of sp³-hybridized carbons (Fsp3) is 0.214. The minimum absolute atomic E-state index is 0.0816. The van der Waals surface area contributed by atoms with Gasteiger partial charge in [-0.15, -0.1) is 11.8 Å². The molecule has 18 heavy (non-hydrogen) atoms. The molecule has 0 bridgehead atoms. The first-order valence-corrected chi connectivity index (χ1v) is 7.51. The number of nitrogens with zero attached hydrogens (tertiary/aromatic N) is 1. The average Bonchev–Trinajstić information content (AvgIpc) is 2.37. The largest absolute Gasteiger partial charge is 0.324 e. The summed E-state index contributed by atoms with van der Waals surface area (Å²) in [6, 6.07) is 10.6. The third-order valence-electron chi connectivity index (χ3n) is 2.55. The van der Waals surface area contributed by atoms with Gasteiger partial charge in [0.2, 0.25) is 0 Å². The topological polar surface area (TPSA) is 38.9 Å². The van der Waals surface area contributed by atoms with Gasteiger partial charge in [0, 0.05) is 33.6 Å². The maximum Gasteiger partial charge on any atom is 0.0410 e. The Morgan fingerprint density at radius 1 is 1.33 bits per heavy atom. The second-order valence-electron chi connectivity index (χ2n) is 4.16. The molecular formula is C14H15BrN2S. The van der Waals surface area contributed by atoms with Crippen LogP contribution >= 0.6 is 27.7 Å². The first-order chi connectivity index (χ1) is 8.65. The number of pyridine rings is 1. The summed E-state index contributed by atoms with van der Waals surface area (Å²) in [6.07, 6.45) is 3.69. The van der Waals surface area contributed by atoms with Crippen molar-refractivity contribution in [3.05, 3.63) is 58.3 Å². The normalized spacial score (nSPS) is 12.4. The lowest BCUT2D eigenvalue weighted by Gasteiger charge is -2.08. The third kappa shape index (κ3) is 3.83. The van der Waals surface area contributed by atoms with E-state index in [0.29, 0.717) is 0 Å². The molecule has 4 heteroatoms. The molecule has 0 aliphatic heterocycles. The SMILES string of the molecule is CC(N)c1cccc(SCc2cncc(Br)c2)c1. The maximum atomic E-state index is 5.88. The van der Waals surface area contributed by atoms with Gasteiger partial charge in [-0.3, -0.25) is 4.98 Å². The Labute approximate surface area is 120 Å². The lowest BCUT2D eigenvalue weighted by atomic mass is 10.1. The summed E-state index contributed by atoms with van der Waals surface area (Å²) in [5.41, 5.74) is 8.27. The van der Waals surface area contributed by atoms with Crippen molar-refractivity contribution >= 4 is 27.7 Å². The van der Waals surface area contributed by atoms with Crippen LogP contribution in [0.15, 0.2) is 52.1 Å². The van der Waals surface area contributed by atoms with Gasteiger partial charge in [0.1, 0.15) is 0 Å². The Bertz CT molecular complexity index is 529. The van der Waals surface area contributed by atoms with E-state index in [4.69, 9.17) is 5.73 Å². The highest BCUT2D eigenvalue weighted by Crippen LogP contribution is 2.25. The molecule has 0 fully saturated rings. The lowest BCUT2D eigenvalue weighted by molar-refractivity contribution is 0.815. The molecule has 0 aliphatic carbocycles. The maximum absolute atomic E-state index is 5.88. The minimum Gasteiger partial charge on any atom is -0.324 e. The Balaban J connectivity index is 2.04. The van der Waals surface area contributed by atoms with Crippen LogP contribution in [-0.4, -0.2) is 4.98 Å². The van der Waals surface area contributed by atoms with Gasteiger partial charge in [-0.25, -0.2) is 0 Å². The van der Waals surface area contributed by atoms with Crippen LogP contribution in [0.2, 0.25) is 0 Å². The summed E-state index contributed by atoms with van der Waals surface area (Å²) in [5.74, 6) is 0.912. The number of benzene rings is 1. The van der Waals surface area contributed by atoms with Crippen LogP contribution in [0.4, 0.5) is 0 Å². The lowest BCUT2D eigenvalue weighted by Crippen LogP contribution is -2.04. The molecule has 1 aromatic heterocycles. The molecule has 1 aromatic carbocycles. The summed E-state index contributed by atoms with van der Waals surface area (Å²) >= 11 is 5.23. The van der Waals surface area contributed by atoms with Gasteiger partial charge in [-0.1, -0.05) is 12.1 Å². The molecule has 1 unspecified atom stereocenters. The van der Waals surface area contributed by atoms with Crippen molar-refractivity contribution in [1.29, 1.82) is 0 Å². The molecule has 2 N–H and O–H groups in total. The van der Waals surface area contributed by atoms with E-state index in [1.807, 2.05) is 13.1 Å². The Hall–Kier alpha value is -0.840. The average molecular weight is 323 g/mol. The summed E-state index contributed by atoms with van der Waals surface area (Å²) in [5, 5.41) is 0. The predicted octanol–water partition coefficient (Wildman–Crippen LogP) is 4.16. The van der Waals surface area contributed by atoms with Crippen molar-refractivity contribution < 1.29 is 0 Å². The quantitative estimate of drug-likeness (QED) is 0.859. The molecule has 0 aliphatic rings. The number of halogens is 1. The van der Waals surface area contributed by atoms with Gasteiger partial charge in [0.15, 0.2) is 0 Å². The fourth-order valence-corrected chi connectivity index (χ4v) is 2.89. The van der Waals surface area contributed by atoms with Gasteiger partial charge in [-0.2, -0.15) is 0 Å². The monoisotopic (exact) mass is 322 g/mol. The molecule has 0 saturated carbocycles. The van der Waals surface area contributed by atoms with E-state index in [1.165, 1.54) is 16.0 Å². The molecule has 0 spiro atoms. The second kappa shape index (κ2) is 6.36. The Morgan fingerprint density at radius 2 is 2.17 bits per heavy atom. The molecule has 0 radical (unpaired) electrons. The zero-order valence-corrected chi connectivity index (χ0v) is 12.5. The van der Waals surface area contributed by atoms with E-state index >= 15 is 0 Å². The molecule has 2 nitrogen and oxygen atoms in total. The number of hydrogen-bond donors (Lipinski definition) is 1. The summed E-state index contributed by atoms with van der Waals surface area (Å²) in [6.45, 7) is 2.00. The number of aromatic nitrogens is 1. The summed E-state index contributed by atoms with van der Waals surface area (Å²) in [7, 11) is 0. The number of nitrogens with two attached hydrogens (primary N) is 1. The van der Waals surface area contributed by atoms with Crippen molar-refractivity contribution in [2.75, 3.05) is 0 Å². The summed E-state index contributed by atoms with van der Waals surface area (Å²) < 4.78 is 1.02. The third-order valence-corrected chi connectivity index (χ3v) is 4.05. The van der Waals surface area contributed by atoms with Crippen molar-refractivity contribution in [2.24, 2.45) is 5.73 Å². The van der Waals surface area contributed by atoms with Crippen LogP contribution in [0.3, 0.4) is 0 Å². The van der Waals surface area contributed by atoms with Crippen molar-refractivity contribution in [2.45, 2.75) is 23.6 Å². The first kappa shape index (κ1) is 13.6. The fourth-order valence-electron chi connectivity index (χ4n) is 1.59. The van der Waals surface area contributed by atoms with E-state index < -0.39 is 0 Å². The minimum atomic E-state index is 0.0816. The van der Waals surface area contributed by atoms with E-state index in [1.54, 1.807) is 18.0 Å². The van der Waals surface area contributed by atoms with E-state index in [2.05, 4.69) is 51.2 Å². The summed E-state index contributed by atoms with van der Waals surface area (Å²) in [4.78, 5) is 5.40. The highest BCUT2D eigenvalue weighted by molar-refractivity contribution is 9.10. The Morgan fingerprint density at radius 3 is 2.89 bits per heavy atom. The zero-order valence-electron chi connectivity index (χ0n) is 10.1. The van der Waals surface area contributed by atoms with Crippen molar-refractivity contribution in [3.8, 4) is 0 Å². The Kier molecular flexibility index (Phi) is 4.80. The van der Waals surface area contributed by atoms with Gasteiger partial charge < -0.3 is 5.73 Å². The smallest absolute Gasteiger partial charge is 0.0410 e. The van der Waals surface area contributed by atoms with Crippen molar-refractivity contribution in [1.82, 2.24) is 4.98 Å². The number of rotatable bonds is 4. The molecular weight excluding hydrogens is 308 g/mol. The molecule has 2 rings (SSSR count). The highest BCUT2D eigenvalue weighted by atomic mass is 79.9. The number of thioether (sulfide) groups is 1. The van der Waals surface area contributed by atoms with Crippen LogP contribution in [0, 0.1) is 0 Å². The van der Waals surface area contributed by atoms with E-state index in [9.17, 15) is 0 Å². The van der Waals surface area contributed by atoms with Crippen molar-refractivity contribution in [3.63, 3.8) is 0 Å². The van der Waals surface area contributed by atoms with Gasteiger partial charge >= 0.3 is 0 Å². The molecule has 1 heterocycles. The second-order valence-corrected chi connectivity index (χ2v) is 6.13. The molecule has 2 aromatic rings. The molecule has 1 atom stereocenters. The van der Waals surface area contributed by atoms with Crippen LogP contribution in [-0.2, 0) is 5.75 Å². The molecule has 0 amide bonds. The van der Waals surface area contributed by atoms with Crippen LogP contribution in [0.25, 0.3) is 0 Å². The predicted molar refractivity (Wildman–Crippen MR) is 80.5 cm³/mol. The zero-order chi connectivity index (χ0) is 13.0. The molecule has 94 valence electrons. The van der Waals surface area contributed by atoms with Gasteiger partial charge in [0.05, 0.1) is 0 Å². The van der Waals surface area contributed by atoms with Gasteiger partial charge in [0.25, 0.3) is 0 Å². The number of hydrogen-bond acceptors (Lipinski definition) is 3.